The highest BCUT2D eigenvalue weighted by molar-refractivity contribution is 5.55. The van der Waals surface area contributed by atoms with Crippen molar-refractivity contribution in [3.8, 4) is 0 Å². The lowest BCUT2D eigenvalue weighted by Crippen LogP contribution is -2.35. The molecule has 1 N–H and O–H groups in total. The highest BCUT2D eigenvalue weighted by Crippen LogP contribution is 2.33. The van der Waals surface area contributed by atoms with E-state index in [9.17, 15) is 0 Å². The van der Waals surface area contributed by atoms with Crippen LogP contribution in [0.25, 0.3) is 25.0 Å². The van der Waals surface area contributed by atoms with E-state index in [2.05, 4.69) is 125 Å². The molecule has 5 rings (SSSR count). The smallest absolute Gasteiger partial charge is 0.0486 e. The Balaban J connectivity index is 1.29. The predicted molar refractivity (Wildman–Crippen MR) is 168 cm³/mol. The number of nitrogens with one attached hydrogen (secondary N) is 1. The van der Waals surface area contributed by atoms with Gasteiger partial charge in [-0.25, -0.2) is 0 Å². The molecule has 2 aliphatic rings. The standard InChI is InChI=1S/C38H39N/c1-25(22-36-26(2)11-12-27(36)3)21-30-13-17-33(18-14-30)38(6,7)34-19-15-31(16-20-34)23-32-9-8-10-35-28(4)39-29(5)37(35)24-32/h8-9,13-20,22,24,39H,2,4-5,11-12,21,23H2,1,3,6-7H3/b25-22+. The number of aromatic amines is 1. The van der Waals surface area contributed by atoms with E-state index in [0.717, 1.165) is 46.8 Å². The molecule has 196 valence electrons. The first-order chi connectivity index (χ1) is 18.6. The van der Waals surface area contributed by atoms with Crippen LogP contribution >= 0.6 is 0 Å². The maximum atomic E-state index is 4.25. The SMILES string of the molecule is C=C1CCC(C)=C1/C=C(\C)Cc1ccc(C(C)(C)c2ccc(CC3=CC=C=c4c(=C)[nH]c(=C)c4=C3)cc2)cc1. The molecule has 0 bridgehead atoms. The highest BCUT2D eigenvalue weighted by Gasteiger charge is 2.23. The molecule has 1 nitrogen and oxygen atoms in total. The lowest BCUT2D eigenvalue weighted by molar-refractivity contribution is 0.640. The van der Waals surface area contributed by atoms with Gasteiger partial charge in [-0.05, 0) is 90.7 Å². The van der Waals surface area contributed by atoms with Gasteiger partial charge in [-0.3, -0.25) is 0 Å². The monoisotopic (exact) mass is 509 g/mol. The summed E-state index contributed by atoms with van der Waals surface area (Å²) < 4.78 is 0. The summed E-state index contributed by atoms with van der Waals surface area (Å²) in [5, 5.41) is 3.85. The summed E-state index contributed by atoms with van der Waals surface area (Å²) in [6, 6.07) is 18.2. The van der Waals surface area contributed by atoms with Crippen molar-refractivity contribution in [3.05, 3.63) is 145 Å². The molecular weight excluding hydrogens is 470 g/mol. The average molecular weight is 510 g/mol. The van der Waals surface area contributed by atoms with E-state index in [1.165, 1.54) is 50.1 Å². The van der Waals surface area contributed by atoms with Gasteiger partial charge in [0.05, 0.1) is 0 Å². The van der Waals surface area contributed by atoms with Crippen LogP contribution in [0.1, 0.15) is 62.8 Å². The van der Waals surface area contributed by atoms with Crippen molar-refractivity contribution in [3.63, 3.8) is 0 Å². The first kappa shape index (κ1) is 26.5. The Hall–Kier alpha value is -4.06. The van der Waals surface area contributed by atoms with Gasteiger partial charge in [0.25, 0.3) is 0 Å². The molecule has 1 aromatic heterocycles. The minimum atomic E-state index is -0.0792. The molecule has 0 spiro atoms. The van der Waals surface area contributed by atoms with Gasteiger partial charge < -0.3 is 4.98 Å². The van der Waals surface area contributed by atoms with Crippen LogP contribution in [0.15, 0.2) is 101 Å². The summed E-state index contributed by atoms with van der Waals surface area (Å²) in [5.74, 6) is 0. The topological polar surface area (TPSA) is 15.8 Å². The Morgan fingerprint density at radius 3 is 2.18 bits per heavy atom. The first-order valence-corrected chi connectivity index (χ1v) is 13.9. The largest absolute Gasteiger partial charge is 0.355 e. The molecule has 1 heterocycles. The summed E-state index contributed by atoms with van der Waals surface area (Å²) in [6.07, 6.45) is 12.8. The van der Waals surface area contributed by atoms with E-state index in [-0.39, 0.29) is 5.41 Å². The molecule has 0 saturated heterocycles. The molecular formula is C38H39N. The summed E-state index contributed by atoms with van der Waals surface area (Å²) in [6.45, 7) is 21.5. The molecule has 0 aliphatic heterocycles. The van der Waals surface area contributed by atoms with Gasteiger partial charge in [0.15, 0.2) is 0 Å². The molecule has 0 fully saturated rings. The Morgan fingerprint density at radius 2 is 1.56 bits per heavy atom. The van der Waals surface area contributed by atoms with Crippen LogP contribution < -0.4 is 21.1 Å². The van der Waals surface area contributed by atoms with Gasteiger partial charge in [0.2, 0.25) is 0 Å². The molecule has 0 unspecified atom stereocenters. The van der Waals surface area contributed by atoms with Crippen molar-refractivity contribution in [2.24, 2.45) is 0 Å². The van der Waals surface area contributed by atoms with Gasteiger partial charge >= 0.3 is 0 Å². The van der Waals surface area contributed by atoms with Gasteiger partial charge in [-0.15, -0.1) is 5.73 Å². The third-order valence-corrected chi connectivity index (χ3v) is 8.33. The fourth-order valence-corrected chi connectivity index (χ4v) is 5.76. The van der Waals surface area contributed by atoms with Crippen molar-refractivity contribution in [1.82, 2.24) is 4.98 Å². The van der Waals surface area contributed by atoms with Crippen LogP contribution in [-0.4, -0.2) is 4.98 Å². The van der Waals surface area contributed by atoms with Gasteiger partial charge in [-0.1, -0.05) is 105 Å². The number of benzene rings is 2. The summed E-state index contributed by atoms with van der Waals surface area (Å²) in [4.78, 5) is 3.23. The van der Waals surface area contributed by atoms with Crippen molar-refractivity contribution in [1.29, 1.82) is 0 Å². The quantitative estimate of drug-likeness (QED) is 0.389. The number of aromatic nitrogens is 1. The second kappa shape index (κ2) is 10.6. The van der Waals surface area contributed by atoms with E-state index in [1.54, 1.807) is 0 Å². The number of H-pyrrole nitrogens is 1. The predicted octanol–water partition coefficient (Wildman–Crippen LogP) is 6.22. The van der Waals surface area contributed by atoms with Crippen LogP contribution in [-0.2, 0) is 18.3 Å². The molecule has 0 amide bonds. The van der Waals surface area contributed by atoms with Crippen LogP contribution in [0.2, 0.25) is 0 Å². The Kier molecular flexibility index (Phi) is 7.21. The minimum Gasteiger partial charge on any atom is -0.355 e. The van der Waals surface area contributed by atoms with Gasteiger partial charge in [-0.2, -0.15) is 0 Å². The number of hydrogen-bond acceptors (Lipinski definition) is 0. The lowest BCUT2D eigenvalue weighted by Gasteiger charge is -2.26. The third kappa shape index (κ3) is 5.56. The van der Waals surface area contributed by atoms with E-state index < -0.39 is 0 Å². The molecule has 3 aromatic rings. The number of allylic oxidation sites excluding steroid dienone is 8. The molecule has 2 aliphatic carbocycles. The molecule has 39 heavy (non-hydrogen) atoms. The van der Waals surface area contributed by atoms with Gasteiger partial charge in [0, 0.05) is 26.6 Å². The first-order valence-electron chi connectivity index (χ1n) is 13.9. The van der Waals surface area contributed by atoms with Crippen molar-refractivity contribution in [2.45, 2.75) is 58.8 Å². The van der Waals surface area contributed by atoms with E-state index in [4.69, 9.17) is 0 Å². The molecule has 0 atom stereocenters. The number of fused-ring (bicyclic) bond motifs is 1. The number of rotatable bonds is 7. The normalized spacial score (nSPS) is 15.5. The summed E-state index contributed by atoms with van der Waals surface area (Å²) in [7, 11) is 0. The van der Waals surface area contributed by atoms with E-state index >= 15 is 0 Å². The maximum absolute atomic E-state index is 4.25. The zero-order chi connectivity index (χ0) is 27.7. The molecule has 1 heteroatoms. The fourth-order valence-electron chi connectivity index (χ4n) is 5.76. The van der Waals surface area contributed by atoms with Crippen LogP contribution in [0.5, 0.6) is 0 Å². The minimum absolute atomic E-state index is 0.0792. The van der Waals surface area contributed by atoms with Crippen molar-refractivity contribution in [2.75, 3.05) is 0 Å². The number of hydrogen-bond donors (Lipinski definition) is 1. The second-order valence-electron chi connectivity index (χ2n) is 11.7. The third-order valence-electron chi connectivity index (χ3n) is 8.33. The zero-order valence-electron chi connectivity index (χ0n) is 23.9. The van der Waals surface area contributed by atoms with Crippen LogP contribution in [0, 0.1) is 0 Å². The van der Waals surface area contributed by atoms with Crippen molar-refractivity contribution < 1.29 is 0 Å². The molecule has 0 saturated carbocycles. The van der Waals surface area contributed by atoms with E-state index in [0.29, 0.717) is 0 Å². The maximum Gasteiger partial charge on any atom is 0.0486 e. The second-order valence-corrected chi connectivity index (χ2v) is 11.7. The Labute approximate surface area is 233 Å². The zero-order valence-corrected chi connectivity index (χ0v) is 23.9. The van der Waals surface area contributed by atoms with Crippen LogP contribution in [0.4, 0.5) is 0 Å². The highest BCUT2D eigenvalue weighted by atomic mass is 14.7. The van der Waals surface area contributed by atoms with Crippen LogP contribution in [0.3, 0.4) is 0 Å². The Morgan fingerprint density at radius 1 is 0.923 bits per heavy atom. The summed E-state index contributed by atoms with van der Waals surface area (Å²) >= 11 is 0. The van der Waals surface area contributed by atoms with Gasteiger partial charge in [0.1, 0.15) is 0 Å². The molecule has 2 aromatic carbocycles. The Bertz CT molecular complexity index is 1790. The lowest BCUT2D eigenvalue weighted by atomic mass is 9.77. The fraction of sp³-hybridized carbons (Fsp3) is 0.237. The van der Waals surface area contributed by atoms with E-state index in [1.807, 2.05) is 6.08 Å². The summed E-state index contributed by atoms with van der Waals surface area (Å²) in [5.41, 5.74) is 15.3. The molecule has 0 radical (unpaired) electrons. The van der Waals surface area contributed by atoms with Crippen molar-refractivity contribution >= 4 is 25.0 Å². The average Bonchev–Trinajstić information content (AvgIpc) is 3.25.